The van der Waals surface area contributed by atoms with Crippen LogP contribution in [0.15, 0.2) is 18.2 Å². The largest absolute Gasteiger partial charge is 0.497 e. The smallest absolute Gasteiger partial charge is 0.121 e. The molecular formula is C14H19N3O. The number of anilines is 1. The maximum atomic E-state index is 9.08. The summed E-state index contributed by atoms with van der Waals surface area (Å²) in [5, 5.41) is 12.4. The van der Waals surface area contributed by atoms with Crippen LogP contribution in [0.1, 0.15) is 12.0 Å². The third-order valence-electron chi connectivity index (χ3n) is 3.42. The SMILES string of the molecule is COc1ccc(C#N)c(NCC2CCN(C)C2)c1. The van der Waals surface area contributed by atoms with Gasteiger partial charge in [0.1, 0.15) is 11.8 Å². The minimum atomic E-state index is 0.660. The predicted molar refractivity (Wildman–Crippen MR) is 71.8 cm³/mol. The van der Waals surface area contributed by atoms with Gasteiger partial charge in [0.05, 0.1) is 18.4 Å². The Morgan fingerprint density at radius 1 is 1.56 bits per heavy atom. The summed E-state index contributed by atoms with van der Waals surface area (Å²) in [7, 11) is 3.78. The van der Waals surface area contributed by atoms with E-state index in [1.54, 1.807) is 13.2 Å². The normalized spacial score (nSPS) is 19.5. The molecule has 1 aromatic carbocycles. The number of hydrogen-bond donors (Lipinski definition) is 1. The third kappa shape index (κ3) is 2.93. The Hall–Kier alpha value is -1.73. The van der Waals surface area contributed by atoms with Crippen LogP contribution in [0, 0.1) is 17.2 Å². The first-order chi connectivity index (χ1) is 8.72. The molecule has 2 rings (SSSR count). The second-order valence-corrected chi connectivity index (χ2v) is 4.82. The standard InChI is InChI=1S/C14H19N3O/c1-17-6-5-11(10-17)9-16-14-7-13(18-2)4-3-12(14)8-15/h3-4,7,11,16H,5-6,9-10H2,1-2H3. The minimum Gasteiger partial charge on any atom is -0.497 e. The maximum absolute atomic E-state index is 9.08. The fourth-order valence-corrected chi connectivity index (χ4v) is 2.34. The molecule has 0 aliphatic carbocycles. The molecule has 96 valence electrons. The van der Waals surface area contributed by atoms with Crippen molar-refractivity contribution >= 4 is 5.69 Å². The summed E-state index contributed by atoms with van der Waals surface area (Å²) in [4.78, 5) is 2.34. The van der Waals surface area contributed by atoms with Gasteiger partial charge in [-0.2, -0.15) is 5.26 Å². The Morgan fingerprint density at radius 3 is 3.00 bits per heavy atom. The van der Waals surface area contributed by atoms with Gasteiger partial charge in [-0.05, 0) is 38.1 Å². The topological polar surface area (TPSA) is 48.3 Å². The molecule has 1 saturated heterocycles. The van der Waals surface area contributed by atoms with Crippen molar-refractivity contribution < 1.29 is 4.74 Å². The summed E-state index contributed by atoms with van der Waals surface area (Å²) in [5.41, 5.74) is 1.54. The molecule has 4 nitrogen and oxygen atoms in total. The van der Waals surface area contributed by atoms with Gasteiger partial charge in [-0.1, -0.05) is 0 Å². The van der Waals surface area contributed by atoms with E-state index < -0.39 is 0 Å². The molecule has 0 spiro atoms. The second-order valence-electron chi connectivity index (χ2n) is 4.82. The summed E-state index contributed by atoms with van der Waals surface area (Å²) in [6.45, 7) is 3.20. The molecule has 0 saturated carbocycles. The van der Waals surface area contributed by atoms with Crippen LogP contribution >= 0.6 is 0 Å². The van der Waals surface area contributed by atoms with Gasteiger partial charge >= 0.3 is 0 Å². The Bertz CT molecular complexity index is 453. The quantitative estimate of drug-likeness (QED) is 0.880. The van der Waals surface area contributed by atoms with Crippen LogP contribution in [0.4, 0.5) is 5.69 Å². The molecule has 0 amide bonds. The average molecular weight is 245 g/mol. The Morgan fingerprint density at radius 2 is 2.39 bits per heavy atom. The van der Waals surface area contributed by atoms with Crippen molar-refractivity contribution in [1.82, 2.24) is 4.90 Å². The molecule has 1 atom stereocenters. The molecule has 0 bridgehead atoms. The molecular weight excluding hydrogens is 226 g/mol. The molecule has 0 radical (unpaired) electrons. The molecule has 1 unspecified atom stereocenters. The number of nitrogens with zero attached hydrogens (tertiary/aromatic N) is 2. The summed E-state index contributed by atoms with van der Waals surface area (Å²) in [6, 6.07) is 7.69. The van der Waals surface area contributed by atoms with E-state index in [-0.39, 0.29) is 0 Å². The van der Waals surface area contributed by atoms with E-state index in [1.165, 1.54) is 6.42 Å². The van der Waals surface area contributed by atoms with Crippen LogP contribution in [0.3, 0.4) is 0 Å². The minimum absolute atomic E-state index is 0.660. The molecule has 1 fully saturated rings. The van der Waals surface area contributed by atoms with Crippen molar-refractivity contribution in [3.63, 3.8) is 0 Å². The highest BCUT2D eigenvalue weighted by molar-refractivity contribution is 5.60. The number of ether oxygens (including phenoxy) is 1. The third-order valence-corrected chi connectivity index (χ3v) is 3.42. The zero-order chi connectivity index (χ0) is 13.0. The molecule has 1 aliphatic heterocycles. The van der Waals surface area contributed by atoms with Gasteiger partial charge in [0.25, 0.3) is 0 Å². The first kappa shape index (κ1) is 12.7. The lowest BCUT2D eigenvalue weighted by molar-refractivity contribution is 0.399. The lowest BCUT2D eigenvalue weighted by Crippen LogP contribution is -2.19. The summed E-state index contributed by atoms with van der Waals surface area (Å²) >= 11 is 0. The van der Waals surface area contributed by atoms with E-state index in [2.05, 4.69) is 23.3 Å². The fraction of sp³-hybridized carbons (Fsp3) is 0.500. The van der Waals surface area contributed by atoms with E-state index in [4.69, 9.17) is 10.00 Å². The molecule has 1 aliphatic rings. The van der Waals surface area contributed by atoms with Gasteiger partial charge in [-0.15, -0.1) is 0 Å². The molecule has 1 N–H and O–H groups in total. The number of nitrogens with one attached hydrogen (secondary N) is 1. The van der Waals surface area contributed by atoms with Crippen LogP contribution < -0.4 is 10.1 Å². The van der Waals surface area contributed by atoms with E-state index in [9.17, 15) is 0 Å². The van der Waals surface area contributed by atoms with E-state index in [0.717, 1.165) is 31.1 Å². The number of benzene rings is 1. The van der Waals surface area contributed by atoms with Crippen LogP contribution in [0.2, 0.25) is 0 Å². The van der Waals surface area contributed by atoms with Gasteiger partial charge in [0.2, 0.25) is 0 Å². The van der Waals surface area contributed by atoms with Crippen molar-refractivity contribution in [2.75, 3.05) is 39.1 Å². The maximum Gasteiger partial charge on any atom is 0.121 e. The van der Waals surface area contributed by atoms with E-state index in [1.807, 2.05) is 12.1 Å². The lowest BCUT2D eigenvalue weighted by atomic mass is 10.1. The summed E-state index contributed by atoms with van der Waals surface area (Å²) in [5.74, 6) is 1.44. The van der Waals surface area contributed by atoms with Crippen molar-refractivity contribution in [2.24, 2.45) is 5.92 Å². The van der Waals surface area contributed by atoms with Crippen molar-refractivity contribution in [3.8, 4) is 11.8 Å². The molecule has 1 aromatic rings. The predicted octanol–water partition coefficient (Wildman–Crippen LogP) is 1.93. The number of nitriles is 1. The van der Waals surface area contributed by atoms with Gasteiger partial charge in [0.15, 0.2) is 0 Å². The summed E-state index contributed by atoms with van der Waals surface area (Å²) < 4.78 is 5.19. The molecule has 18 heavy (non-hydrogen) atoms. The molecule has 4 heteroatoms. The first-order valence-corrected chi connectivity index (χ1v) is 6.23. The van der Waals surface area contributed by atoms with Gasteiger partial charge in [0, 0.05) is 19.2 Å². The van der Waals surface area contributed by atoms with Crippen LogP contribution in [-0.2, 0) is 0 Å². The monoisotopic (exact) mass is 245 g/mol. The highest BCUT2D eigenvalue weighted by Crippen LogP contribution is 2.23. The van der Waals surface area contributed by atoms with Crippen LogP contribution in [0.25, 0.3) is 0 Å². The van der Waals surface area contributed by atoms with E-state index in [0.29, 0.717) is 11.5 Å². The summed E-state index contributed by atoms with van der Waals surface area (Å²) in [6.07, 6.45) is 1.22. The average Bonchev–Trinajstić information content (AvgIpc) is 2.81. The van der Waals surface area contributed by atoms with Crippen LogP contribution in [0.5, 0.6) is 5.75 Å². The zero-order valence-electron chi connectivity index (χ0n) is 10.9. The first-order valence-electron chi connectivity index (χ1n) is 6.23. The number of likely N-dealkylation sites (tertiary alicyclic amines) is 1. The van der Waals surface area contributed by atoms with Gasteiger partial charge in [-0.25, -0.2) is 0 Å². The molecule has 0 aromatic heterocycles. The zero-order valence-corrected chi connectivity index (χ0v) is 10.9. The number of methoxy groups -OCH3 is 1. The van der Waals surface area contributed by atoms with Crippen molar-refractivity contribution in [2.45, 2.75) is 6.42 Å². The Kier molecular flexibility index (Phi) is 4.06. The van der Waals surface area contributed by atoms with Gasteiger partial charge in [-0.3, -0.25) is 0 Å². The highest BCUT2D eigenvalue weighted by atomic mass is 16.5. The lowest BCUT2D eigenvalue weighted by Gasteiger charge is -2.14. The highest BCUT2D eigenvalue weighted by Gasteiger charge is 2.19. The van der Waals surface area contributed by atoms with Gasteiger partial charge < -0.3 is 15.0 Å². The fourth-order valence-electron chi connectivity index (χ4n) is 2.34. The van der Waals surface area contributed by atoms with E-state index >= 15 is 0 Å². The number of rotatable bonds is 4. The van der Waals surface area contributed by atoms with Crippen LogP contribution in [-0.4, -0.2) is 38.7 Å². The Labute approximate surface area is 108 Å². The van der Waals surface area contributed by atoms with Crippen molar-refractivity contribution in [1.29, 1.82) is 5.26 Å². The number of hydrogen-bond acceptors (Lipinski definition) is 4. The van der Waals surface area contributed by atoms with Crippen molar-refractivity contribution in [3.05, 3.63) is 23.8 Å². The Balaban J connectivity index is 2.01. The molecule has 1 heterocycles. The second kappa shape index (κ2) is 5.74.